The number of carbonyl (C=O) groups is 2. The number of hydrogen-bond acceptors (Lipinski definition) is 6. The third kappa shape index (κ3) is 2.75. The topological polar surface area (TPSA) is 95.2 Å². The molecule has 86 valence electrons. The van der Waals surface area contributed by atoms with Crippen molar-refractivity contribution in [1.29, 1.82) is 0 Å². The van der Waals surface area contributed by atoms with Gasteiger partial charge in [-0.3, -0.25) is 0 Å². The summed E-state index contributed by atoms with van der Waals surface area (Å²) < 4.78 is 4.57. The zero-order chi connectivity index (χ0) is 12.1. The summed E-state index contributed by atoms with van der Waals surface area (Å²) in [6.45, 7) is 1.47. The Morgan fingerprint density at radius 3 is 2.69 bits per heavy atom. The summed E-state index contributed by atoms with van der Waals surface area (Å²) in [5.41, 5.74) is 6.21. The van der Waals surface area contributed by atoms with Gasteiger partial charge in [0.15, 0.2) is 5.69 Å². The number of nitrogens with two attached hydrogens (primary N) is 1. The molecule has 0 atom stereocenters. The van der Waals surface area contributed by atoms with E-state index in [9.17, 15) is 9.59 Å². The standard InChI is InChI=1S/C10H13N3O3/c1-6(14)3-4-7-8(10(15)16-2)12-5-13-9(7)11/h5H,3-4H2,1-2H3,(H2,11,12,13). The number of aromatic nitrogens is 2. The fraction of sp³-hybridized carbons (Fsp3) is 0.400. The van der Waals surface area contributed by atoms with Crippen molar-refractivity contribution in [3.63, 3.8) is 0 Å². The van der Waals surface area contributed by atoms with Gasteiger partial charge in [-0.25, -0.2) is 14.8 Å². The molecule has 0 saturated carbocycles. The summed E-state index contributed by atoms with van der Waals surface area (Å²) in [5, 5.41) is 0. The number of Topliss-reactive ketones (excluding diaryl/α,β-unsaturated/α-hetero) is 1. The first-order valence-electron chi connectivity index (χ1n) is 4.73. The number of anilines is 1. The van der Waals surface area contributed by atoms with Gasteiger partial charge in [0.25, 0.3) is 0 Å². The molecule has 1 rings (SSSR count). The first kappa shape index (κ1) is 12.1. The molecule has 6 nitrogen and oxygen atoms in total. The van der Waals surface area contributed by atoms with Crippen molar-refractivity contribution in [2.24, 2.45) is 0 Å². The normalized spacial score (nSPS) is 9.88. The van der Waals surface area contributed by atoms with E-state index in [1.807, 2.05) is 0 Å². The van der Waals surface area contributed by atoms with E-state index in [0.717, 1.165) is 0 Å². The van der Waals surface area contributed by atoms with Gasteiger partial charge in [-0.05, 0) is 13.3 Å². The van der Waals surface area contributed by atoms with Gasteiger partial charge in [-0.15, -0.1) is 0 Å². The minimum absolute atomic E-state index is 0.0130. The van der Waals surface area contributed by atoms with E-state index in [-0.39, 0.29) is 17.3 Å². The first-order chi connectivity index (χ1) is 7.56. The van der Waals surface area contributed by atoms with Gasteiger partial charge >= 0.3 is 5.97 Å². The maximum atomic E-state index is 11.4. The highest BCUT2D eigenvalue weighted by atomic mass is 16.5. The molecule has 0 aliphatic heterocycles. The molecular formula is C10H13N3O3. The van der Waals surface area contributed by atoms with E-state index in [4.69, 9.17) is 5.73 Å². The molecule has 0 spiro atoms. The lowest BCUT2D eigenvalue weighted by atomic mass is 10.1. The highest BCUT2D eigenvalue weighted by Gasteiger charge is 2.16. The minimum Gasteiger partial charge on any atom is -0.464 e. The maximum absolute atomic E-state index is 11.4. The number of hydrogen-bond donors (Lipinski definition) is 1. The molecule has 1 heterocycles. The van der Waals surface area contributed by atoms with E-state index in [1.165, 1.54) is 20.4 Å². The Hall–Kier alpha value is -1.98. The second-order valence-electron chi connectivity index (χ2n) is 3.28. The lowest BCUT2D eigenvalue weighted by Gasteiger charge is -2.07. The third-order valence-electron chi connectivity index (χ3n) is 2.08. The molecule has 16 heavy (non-hydrogen) atoms. The van der Waals surface area contributed by atoms with Crippen molar-refractivity contribution >= 4 is 17.6 Å². The zero-order valence-electron chi connectivity index (χ0n) is 9.19. The Morgan fingerprint density at radius 2 is 2.12 bits per heavy atom. The second kappa shape index (κ2) is 5.20. The van der Waals surface area contributed by atoms with Crippen LogP contribution in [0, 0.1) is 0 Å². The van der Waals surface area contributed by atoms with Gasteiger partial charge in [0.1, 0.15) is 17.9 Å². The maximum Gasteiger partial charge on any atom is 0.357 e. The largest absolute Gasteiger partial charge is 0.464 e. The van der Waals surface area contributed by atoms with Crippen molar-refractivity contribution in [2.45, 2.75) is 19.8 Å². The molecule has 0 saturated heterocycles. The predicted molar refractivity (Wildman–Crippen MR) is 56.8 cm³/mol. The Labute approximate surface area is 92.8 Å². The molecule has 0 aliphatic carbocycles. The van der Waals surface area contributed by atoms with Crippen LogP contribution < -0.4 is 5.73 Å². The molecule has 0 unspecified atom stereocenters. The summed E-state index contributed by atoms with van der Waals surface area (Å²) in [5.74, 6) is -0.358. The Kier molecular flexibility index (Phi) is 3.93. The van der Waals surface area contributed by atoms with E-state index >= 15 is 0 Å². The van der Waals surface area contributed by atoms with Gasteiger partial charge < -0.3 is 15.3 Å². The Balaban J connectivity index is 3.03. The number of ether oxygens (including phenoxy) is 1. The molecule has 0 aliphatic rings. The van der Waals surface area contributed by atoms with E-state index in [2.05, 4.69) is 14.7 Å². The summed E-state index contributed by atoms with van der Waals surface area (Å²) in [4.78, 5) is 29.9. The van der Waals surface area contributed by atoms with Gasteiger partial charge in [0, 0.05) is 12.0 Å². The molecule has 1 aromatic rings. The predicted octanol–water partition coefficient (Wildman–Crippen LogP) is 0.367. The van der Waals surface area contributed by atoms with Crippen molar-refractivity contribution in [1.82, 2.24) is 9.97 Å². The summed E-state index contributed by atoms with van der Waals surface area (Å²) in [6.07, 6.45) is 1.83. The summed E-state index contributed by atoms with van der Waals surface area (Å²) in [7, 11) is 1.26. The van der Waals surface area contributed by atoms with Crippen LogP contribution in [0.15, 0.2) is 6.33 Å². The Morgan fingerprint density at radius 1 is 1.44 bits per heavy atom. The quantitative estimate of drug-likeness (QED) is 0.741. The average Bonchev–Trinajstić information content (AvgIpc) is 2.25. The highest BCUT2D eigenvalue weighted by Crippen LogP contribution is 2.15. The lowest BCUT2D eigenvalue weighted by Crippen LogP contribution is -2.13. The lowest BCUT2D eigenvalue weighted by molar-refractivity contribution is -0.116. The molecule has 0 fully saturated rings. The third-order valence-corrected chi connectivity index (χ3v) is 2.08. The molecule has 2 N–H and O–H groups in total. The highest BCUT2D eigenvalue weighted by molar-refractivity contribution is 5.90. The number of esters is 1. The van der Waals surface area contributed by atoms with Gasteiger partial charge in [-0.2, -0.15) is 0 Å². The smallest absolute Gasteiger partial charge is 0.357 e. The van der Waals surface area contributed by atoms with Gasteiger partial charge in [-0.1, -0.05) is 0 Å². The van der Waals surface area contributed by atoms with Crippen LogP contribution in [0.3, 0.4) is 0 Å². The number of ketones is 1. The fourth-order valence-electron chi connectivity index (χ4n) is 1.25. The zero-order valence-corrected chi connectivity index (χ0v) is 9.19. The van der Waals surface area contributed by atoms with Crippen LogP contribution in [-0.2, 0) is 16.0 Å². The van der Waals surface area contributed by atoms with Gasteiger partial charge in [0.05, 0.1) is 7.11 Å². The van der Waals surface area contributed by atoms with Crippen LogP contribution in [0.1, 0.15) is 29.4 Å². The SMILES string of the molecule is COC(=O)c1ncnc(N)c1CCC(C)=O. The average molecular weight is 223 g/mol. The van der Waals surface area contributed by atoms with Crippen LogP contribution in [0.4, 0.5) is 5.82 Å². The van der Waals surface area contributed by atoms with Crippen LogP contribution in [-0.4, -0.2) is 28.8 Å². The van der Waals surface area contributed by atoms with Crippen LogP contribution in [0.2, 0.25) is 0 Å². The molecule has 0 amide bonds. The first-order valence-corrected chi connectivity index (χ1v) is 4.73. The van der Waals surface area contributed by atoms with E-state index < -0.39 is 5.97 Å². The summed E-state index contributed by atoms with van der Waals surface area (Å²) in [6, 6.07) is 0. The number of methoxy groups -OCH3 is 1. The van der Waals surface area contributed by atoms with Crippen LogP contribution in [0.5, 0.6) is 0 Å². The number of rotatable bonds is 4. The molecule has 1 aromatic heterocycles. The van der Waals surface area contributed by atoms with E-state index in [0.29, 0.717) is 18.4 Å². The molecule has 0 bridgehead atoms. The molecule has 0 radical (unpaired) electrons. The number of nitrogens with zero attached hydrogens (tertiary/aromatic N) is 2. The molecule has 6 heteroatoms. The van der Waals surface area contributed by atoms with Gasteiger partial charge in [0.2, 0.25) is 0 Å². The van der Waals surface area contributed by atoms with Crippen molar-refractivity contribution < 1.29 is 14.3 Å². The Bertz CT molecular complexity index is 418. The summed E-state index contributed by atoms with van der Waals surface area (Å²) >= 11 is 0. The van der Waals surface area contributed by atoms with E-state index in [1.54, 1.807) is 0 Å². The molecule has 0 aromatic carbocycles. The fourth-order valence-corrected chi connectivity index (χ4v) is 1.25. The monoisotopic (exact) mass is 223 g/mol. The van der Waals surface area contributed by atoms with Crippen molar-refractivity contribution in [3.8, 4) is 0 Å². The van der Waals surface area contributed by atoms with Crippen molar-refractivity contribution in [3.05, 3.63) is 17.6 Å². The van der Waals surface area contributed by atoms with Crippen LogP contribution >= 0.6 is 0 Å². The minimum atomic E-state index is -0.576. The number of nitrogen functional groups attached to an aromatic ring is 1. The molecular weight excluding hydrogens is 210 g/mol. The number of carbonyl (C=O) groups excluding carboxylic acids is 2. The van der Waals surface area contributed by atoms with Crippen LogP contribution in [0.25, 0.3) is 0 Å². The second-order valence-corrected chi connectivity index (χ2v) is 3.28. The van der Waals surface area contributed by atoms with Crippen molar-refractivity contribution in [2.75, 3.05) is 12.8 Å².